The highest BCUT2D eigenvalue weighted by molar-refractivity contribution is 5.53. The second-order valence-electron chi connectivity index (χ2n) is 3.14. The Morgan fingerprint density at radius 2 is 2.00 bits per heavy atom. The van der Waals surface area contributed by atoms with Gasteiger partial charge in [-0.15, -0.1) is 0 Å². The fraction of sp³-hybridized carbons (Fsp3) is 0.167. The maximum Gasteiger partial charge on any atom is -0.00882 e. The molecule has 0 saturated heterocycles. The predicted octanol–water partition coefficient (Wildman–Crippen LogP) is 3.32. The molecule has 0 aliphatic heterocycles. The van der Waals surface area contributed by atoms with Gasteiger partial charge in [-0.2, -0.15) is 0 Å². The molecule has 0 unspecified atom stereocenters. The Morgan fingerprint density at radius 1 is 1.08 bits per heavy atom. The zero-order valence-corrected chi connectivity index (χ0v) is 7.25. The van der Waals surface area contributed by atoms with E-state index in [-0.39, 0.29) is 0 Å². The van der Waals surface area contributed by atoms with Crippen LogP contribution in [0, 0.1) is 0 Å². The van der Waals surface area contributed by atoms with Crippen molar-refractivity contribution in [2.75, 3.05) is 0 Å². The number of fused-ring (bicyclic) bond motifs is 1. The molecule has 0 amide bonds. The summed E-state index contributed by atoms with van der Waals surface area (Å²) in [5.74, 6) is 0. The lowest BCUT2D eigenvalue weighted by molar-refractivity contribution is 1.18. The van der Waals surface area contributed by atoms with Crippen molar-refractivity contribution in [1.82, 2.24) is 0 Å². The van der Waals surface area contributed by atoms with Crippen molar-refractivity contribution in [3.8, 4) is 0 Å². The smallest absolute Gasteiger partial charge is 0.00882 e. The molecular weight excluding hydrogens is 144 g/mol. The van der Waals surface area contributed by atoms with Gasteiger partial charge in [0.05, 0.1) is 0 Å². The van der Waals surface area contributed by atoms with Crippen LogP contribution in [-0.2, 0) is 0 Å². The third-order valence-electron chi connectivity index (χ3n) is 2.26. The second kappa shape index (κ2) is 2.98. The molecule has 0 fully saturated rings. The summed E-state index contributed by atoms with van der Waals surface area (Å²) in [4.78, 5) is 0. The van der Waals surface area contributed by atoms with Crippen molar-refractivity contribution >= 4 is 0 Å². The Bertz CT molecular complexity index is 333. The molecule has 60 valence electrons. The Morgan fingerprint density at radius 3 is 2.92 bits per heavy atom. The highest BCUT2D eigenvalue weighted by atomic mass is 14.1. The summed E-state index contributed by atoms with van der Waals surface area (Å²) in [7, 11) is 0. The van der Waals surface area contributed by atoms with Gasteiger partial charge in [0.1, 0.15) is 0 Å². The molecule has 0 aromatic carbocycles. The maximum absolute atomic E-state index is 2.22. The van der Waals surface area contributed by atoms with E-state index in [9.17, 15) is 0 Å². The number of hydrogen-bond donors (Lipinski definition) is 0. The average molecular weight is 156 g/mol. The number of allylic oxidation sites excluding steroid dienone is 10. The molecule has 0 atom stereocenters. The van der Waals surface area contributed by atoms with Gasteiger partial charge in [-0.25, -0.2) is 0 Å². The van der Waals surface area contributed by atoms with Gasteiger partial charge in [-0.05, 0) is 30.1 Å². The summed E-state index contributed by atoms with van der Waals surface area (Å²) in [6, 6.07) is 0. The predicted molar refractivity (Wildman–Crippen MR) is 52.8 cm³/mol. The van der Waals surface area contributed by atoms with Crippen LogP contribution in [0.15, 0.2) is 59.3 Å². The van der Waals surface area contributed by atoms with Crippen molar-refractivity contribution in [3.05, 3.63) is 59.3 Å². The minimum Gasteiger partial charge on any atom is -0.0798 e. The highest BCUT2D eigenvalue weighted by Crippen LogP contribution is 2.26. The zero-order valence-electron chi connectivity index (χ0n) is 7.25. The monoisotopic (exact) mass is 156 g/mol. The van der Waals surface area contributed by atoms with E-state index in [4.69, 9.17) is 0 Å². The minimum atomic E-state index is 1.07. The summed E-state index contributed by atoms with van der Waals surface area (Å²) in [5.41, 5.74) is 4.19. The largest absolute Gasteiger partial charge is 0.0798 e. The lowest BCUT2D eigenvalue weighted by atomic mass is 9.93. The fourth-order valence-electron chi connectivity index (χ4n) is 1.60. The first-order valence-electron chi connectivity index (χ1n) is 4.29. The Hall–Kier alpha value is -1.30. The molecule has 0 radical (unpaired) electrons. The lowest BCUT2D eigenvalue weighted by Gasteiger charge is -2.12. The molecule has 0 spiro atoms. The van der Waals surface area contributed by atoms with Crippen LogP contribution in [0.4, 0.5) is 0 Å². The molecule has 2 aliphatic carbocycles. The molecule has 2 aliphatic rings. The van der Waals surface area contributed by atoms with Crippen molar-refractivity contribution in [3.63, 3.8) is 0 Å². The van der Waals surface area contributed by atoms with Crippen LogP contribution >= 0.6 is 0 Å². The average Bonchev–Trinajstić information content (AvgIpc) is 2.30. The van der Waals surface area contributed by atoms with Crippen molar-refractivity contribution < 1.29 is 0 Å². The van der Waals surface area contributed by atoms with Crippen LogP contribution in [0.2, 0.25) is 0 Å². The third kappa shape index (κ3) is 1.20. The van der Waals surface area contributed by atoms with Crippen LogP contribution in [0.5, 0.6) is 0 Å². The van der Waals surface area contributed by atoms with E-state index >= 15 is 0 Å². The normalized spacial score (nSPS) is 20.6. The van der Waals surface area contributed by atoms with Gasteiger partial charge in [0.25, 0.3) is 0 Å². The van der Waals surface area contributed by atoms with E-state index in [1.54, 1.807) is 0 Å². The van der Waals surface area contributed by atoms with E-state index in [1.807, 2.05) is 0 Å². The first-order valence-corrected chi connectivity index (χ1v) is 4.29. The molecular formula is C12H12. The molecule has 0 N–H and O–H groups in total. The molecule has 0 heteroatoms. The highest BCUT2D eigenvalue weighted by Gasteiger charge is 2.07. The van der Waals surface area contributed by atoms with Gasteiger partial charge >= 0.3 is 0 Å². The van der Waals surface area contributed by atoms with Crippen molar-refractivity contribution in [2.45, 2.75) is 13.3 Å². The molecule has 0 aromatic rings. The zero-order chi connectivity index (χ0) is 8.39. The molecule has 0 aromatic heterocycles. The molecule has 2 rings (SSSR count). The molecule has 12 heavy (non-hydrogen) atoms. The summed E-state index contributed by atoms with van der Waals surface area (Å²) >= 11 is 0. The maximum atomic E-state index is 2.22. The van der Waals surface area contributed by atoms with E-state index in [0.717, 1.165) is 6.42 Å². The van der Waals surface area contributed by atoms with Gasteiger partial charge in [0, 0.05) is 0 Å². The summed E-state index contributed by atoms with van der Waals surface area (Å²) in [6.07, 6.45) is 16.1. The number of hydrogen-bond acceptors (Lipinski definition) is 0. The van der Waals surface area contributed by atoms with Gasteiger partial charge in [-0.1, -0.05) is 42.5 Å². The van der Waals surface area contributed by atoms with Crippen molar-refractivity contribution in [2.24, 2.45) is 0 Å². The quantitative estimate of drug-likeness (QED) is 0.504. The van der Waals surface area contributed by atoms with Crippen LogP contribution in [0.25, 0.3) is 0 Å². The first kappa shape index (κ1) is 7.35. The Kier molecular flexibility index (Phi) is 1.83. The van der Waals surface area contributed by atoms with Crippen molar-refractivity contribution in [1.29, 1.82) is 0 Å². The summed E-state index contributed by atoms with van der Waals surface area (Å²) in [6.45, 7) is 2.16. The van der Waals surface area contributed by atoms with E-state index in [1.165, 1.54) is 16.7 Å². The summed E-state index contributed by atoms with van der Waals surface area (Å²) in [5, 5.41) is 0. The van der Waals surface area contributed by atoms with E-state index in [2.05, 4.69) is 49.5 Å². The Labute approximate surface area is 73.3 Å². The second-order valence-corrected chi connectivity index (χ2v) is 3.14. The van der Waals surface area contributed by atoms with Gasteiger partial charge in [0.2, 0.25) is 0 Å². The molecule has 0 heterocycles. The standard InChI is InChI=1S/C12H12/c1-10-6-5-8-11-7-3-2-4-9-12(10)11/h2-7,9H,8H2,1H3. The lowest BCUT2D eigenvalue weighted by Crippen LogP contribution is -1.93. The molecule has 0 saturated carbocycles. The Balaban J connectivity index is 2.52. The van der Waals surface area contributed by atoms with Gasteiger partial charge < -0.3 is 0 Å². The van der Waals surface area contributed by atoms with E-state index in [0.29, 0.717) is 0 Å². The van der Waals surface area contributed by atoms with Gasteiger partial charge in [0.15, 0.2) is 0 Å². The number of rotatable bonds is 0. The fourth-order valence-corrected chi connectivity index (χ4v) is 1.60. The van der Waals surface area contributed by atoms with Crippen LogP contribution in [0.3, 0.4) is 0 Å². The minimum absolute atomic E-state index is 1.07. The van der Waals surface area contributed by atoms with Crippen LogP contribution in [-0.4, -0.2) is 0 Å². The third-order valence-corrected chi connectivity index (χ3v) is 2.26. The summed E-state index contributed by atoms with van der Waals surface area (Å²) < 4.78 is 0. The van der Waals surface area contributed by atoms with Crippen LogP contribution < -0.4 is 0 Å². The SMILES string of the molecule is CC1=C2C=CC=CC=C2CC=C1. The molecule has 0 bridgehead atoms. The first-order chi connectivity index (χ1) is 5.88. The topological polar surface area (TPSA) is 0 Å². The van der Waals surface area contributed by atoms with Gasteiger partial charge in [-0.3, -0.25) is 0 Å². The van der Waals surface area contributed by atoms with E-state index < -0.39 is 0 Å². The molecule has 0 nitrogen and oxygen atoms in total. The van der Waals surface area contributed by atoms with Crippen LogP contribution in [0.1, 0.15) is 13.3 Å².